The lowest BCUT2D eigenvalue weighted by Crippen LogP contribution is -2.45. The summed E-state index contributed by atoms with van der Waals surface area (Å²) < 4.78 is 27.8. The van der Waals surface area contributed by atoms with Gasteiger partial charge in [0.05, 0.1) is 4.90 Å². The van der Waals surface area contributed by atoms with E-state index in [0.29, 0.717) is 16.9 Å². The number of para-hydroxylation sites is 2. The van der Waals surface area contributed by atoms with Gasteiger partial charge in [0.25, 0.3) is 15.9 Å². The van der Waals surface area contributed by atoms with Gasteiger partial charge in [0.15, 0.2) is 0 Å². The first-order valence-corrected chi connectivity index (χ1v) is 14.1. The normalized spacial score (nSPS) is 14.2. The summed E-state index contributed by atoms with van der Waals surface area (Å²) >= 11 is 0. The highest BCUT2D eigenvalue weighted by molar-refractivity contribution is 7.92. The topological polar surface area (TPSA) is 81.7 Å². The Morgan fingerprint density at radius 3 is 1.92 bits per heavy atom. The highest BCUT2D eigenvalue weighted by Crippen LogP contribution is 2.20. The maximum atomic E-state index is 12.8. The Bertz CT molecular complexity index is 1450. The Morgan fingerprint density at radius 1 is 0.684 bits per heavy atom. The second-order valence-corrected chi connectivity index (χ2v) is 10.9. The van der Waals surface area contributed by atoms with Gasteiger partial charge in [-0.05, 0) is 66.2 Å². The van der Waals surface area contributed by atoms with Crippen molar-refractivity contribution in [3.8, 4) is 0 Å². The Morgan fingerprint density at radius 2 is 1.29 bits per heavy atom. The Labute approximate surface area is 223 Å². The van der Waals surface area contributed by atoms with Gasteiger partial charge in [-0.25, -0.2) is 8.42 Å². The van der Waals surface area contributed by atoms with E-state index < -0.39 is 10.0 Å². The lowest BCUT2D eigenvalue weighted by molar-refractivity contribution is 0.102. The van der Waals surface area contributed by atoms with Gasteiger partial charge in [0, 0.05) is 55.3 Å². The van der Waals surface area contributed by atoms with Gasteiger partial charge in [-0.3, -0.25) is 14.4 Å². The van der Waals surface area contributed by atoms with E-state index in [2.05, 4.69) is 44.1 Å². The summed E-state index contributed by atoms with van der Waals surface area (Å²) in [5, 5.41) is 2.84. The molecule has 2 N–H and O–H groups in total. The van der Waals surface area contributed by atoms with Crippen LogP contribution in [0.3, 0.4) is 0 Å². The van der Waals surface area contributed by atoms with Crippen molar-refractivity contribution in [2.45, 2.75) is 11.4 Å². The maximum Gasteiger partial charge on any atom is 0.261 e. The number of hydrogen-bond acceptors (Lipinski definition) is 5. The monoisotopic (exact) mass is 526 g/mol. The van der Waals surface area contributed by atoms with Crippen LogP contribution in [0.4, 0.5) is 17.1 Å². The number of rotatable bonds is 8. The summed E-state index contributed by atoms with van der Waals surface area (Å²) in [5.41, 5.74) is 3.99. The Hall–Kier alpha value is -4.14. The second-order valence-electron chi connectivity index (χ2n) is 9.25. The van der Waals surface area contributed by atoms with Crippen LogP contribution in [0.15, 0.2) is 114 Å². The molecule has 1 fully saturated rings. The predicted octanol–water partition coefficient (Wildman–Crippen LogP) is 5.06. The molecule has 4 aromatic carbocycles. The molecule has 4 aromatic rings. The van der Waals surface area contributed by atoms with Crippen molar-refractivity contribution in [3.05, 3.63) is 120 Å². The van der Waals surface area contributed by atoms with Crippen molar-refractivity contribution < 1.29 is 13.2 Å². The van der Waals surface area contributed by atoms with Gasteiger partial charge >= 0.3 is 0 Å². The van der Waals surface area contributed by atoms with E-state index >= 15 is 0 Å². The van der Waals surface area contributed by atoms with Gasteiger partial charge in [-0.2, -0.15) is 0 Å². The molecule has 0 bridgehead atoms. The first kappa shape index (κ1) is 25.5. The van der Waals surface area contributed by atoms with Gasteiger partial charge in [-0.15, -0.1) is 0 Å². The molecule has 38 heavy (non-hydrogen) atoms. The van der Waals surface area contributed by atoms with Crippen molar-refractivity contribution in [2.24, 2.45) is 0 Å². The molecule has 1 amide bonds. The fourth-order valence-electron chi connectivity index (χ4n) is 4.46. The molecule has 0 spiro atoms. The largest absolute Gasteiger partial charge is 0.369 e. The number of carbonyl (C=O) groups is 1. The van der Waals surface area contributed by atoms with Crippen LogP contribution < -0.4 is 14.9 Å². The second kappa shape index (κ2) is 11.5. The summed E-state index contributed by atoms with van der Waals surface area (Å²) in [4.78, 5) is 17.7. The predicted molar refractivity (Wildman–Crippen MR) is 152 cm³/mol. The van der Waals surface area contributed by atoms with Crippen LogP contribution in [0.2, 0.25) is 0 Å². The fraction of sp³-hybridized carbons (Fsp3) is 0.167. The van der Waals surface area contributed by atoms with E-state index in [-0.39, 0.29) is 10.8 Å². The first-order chi connectivity index (χ1) is 18.5. The molecule has 1 aliphatic heterocycles. The molecule has 0 unspecified atom stereocenters. The number of sulfonamides is 1. The van der Waals surface area contributed by atoms with Crippen LogP contribution in [-0.2, 0) is 16.6 Å². The Balaban J connectivity index is 1.13. The van der Waals surface area contributed by atoms with Crippen LogP contribution in [0, 0.1) is 0 Å². The zero-order chi connectivity index (χ0) is 26.4. The summed E-state index contributed by atoms with van der Waals surface area (Å²) in [6.45, 7) is 4.81. The third kappa shape index (κ3) is 6.40. The quantitative estimate of drug-likeness (QED) is 0.335. The number of anilines is 3. The lowest BCUT2D eigenvalue weighted by Gasteiger charge is -2.36. The molecular formula is C30H30N4O3S. The average molecular weight is 527 g/mol. The molecule has 7 nitrogen and oxygen atoms in total. The fourth-order valence-corrected chi connectivity index (χ4v) is 5.52. The van der Waals surface area contributed by atoms with E-state index in [0.717, 1.165) is 38.3 Å². The molecule has 8 heteroatoms. The first-order valence-electron chi connectivity index (χ1n) is 12.6. The van der Waals surface area contributed by atoms with Crippen molar-refractivity contribution in [2.75, 3.05) is 41.1 Å². The summed E-state index contributed by atoms with van der Waals surface area (Å²) in [6.07, 6.45) is 0. The molecule has 0 aliphatic carbocycles. The highest BCUT2D eigenvalue weighted by atomic mass is 32.2. The number of benzene rings is 4. The number of amides is 1. The van der Waals surface area contributed by atoms with Gasteiger partial charge in [-0.1, -0.05) is 48.5 Å². The van der Waals surface area contributed by atoms with Crippen molar-refractivity contribution >= 4 is 33.0 Å². The van der Waals surface area contributed by atoms with Gasteiger partial charge < -0.3 is 10.2 Å². The summed E-state index contributed by atoms with van der Waals surface area (Å²) in [5.74, 6) is -0.244. The third-order valence-corrected chi connectivity index (χ3v) is 7.96. The van der Waals surface area contributed by atoms with E-state index in [9.17, 15) is 13.2 Å². The highest BCUT2D eigenvalue weighted by Gasteiger charge is 2.18. The van der Waals surface area contributed by atoms with Gasteiger partial charge in [0.2, 0.25) is 0 Å². The van der Waals surface area contributed by atoms with Crippen LogP contribution >= 0.6 is 0 Å². The SMILES string of the molecule is O=C(Nc1ccc(S(=O)(=O)Nc2ccccc2)cc1)c1ccc(CN2CCN(c3ccccc3)CC2)cc1. The standard InChI is InChI=1S/C30H30N4O3S/c35-30(31-26-15-17-29(18-16-26)38(36,37)32-27-7-3-1-4-8-27)25-13-11-24(12-14-25)23-33-19-21-34(22-20-33)28-9-5-2-6-10-28/h1-18,32H,19-23H2,(H,31,35). The molecule has 1 heterocycles. The minimum absolute atomic E-state index is 0.119. The van der Waals surface area contributed by atoms with Crippen molar-refractivity contribution in [3.63, 3.8) is 0 Å². The molecule has 0 radical (unpaired) electrons. The maximum absolute atomic E-state index is 12.8. The van der Waals surface area contributed by atoms with Crippen LogP contribution in [0.25, 0.3) is 0 Å². The van der Waals surface area contributed by atoms with Crippen LogP contribution in [0.1, 0.15) is 15.9 Å². The molecule has 1 aliphatic rings. The molecule has 0 atom stereocenters. The number of piperazine rings is 1. The smallest absolute Gasteiger partial charge is 0.261 e. The molecule has 1 saturated heterocycles. The summed E-state index contributed by atoms with van der Waals surface area (Å²) in [6, 6.07) is 32.9. The summed E-state index contributed by atoms with van der Waals surface area (Å²) in [7, 11) is -3.71. The molecule has 0 saturated carbocycles. The number of carbonyl (C=O) groups excluding carboxylic acids is 1. The zero-order valence-corrected chi connectivity index (χ0v) is 21.8. The number of hydrogen-bond donors (Lipinski definition) is 2. The van der Waals surface area contributed by atoms with Crippen molar-refractivity contribution in [1.82, 2.24) is 4.90 Å². The minimum Gasteiger partial charge on any atom is -0.369 e. The Kier molecular flexibility index (Phi) is 7.72. The van der Waals surface area contributed by atoms with E-state index in [1.807, 2.05) is 36.4 Å². The third-order valence-electron chi connectivity index (χ3n) is 6.56. The van der Waals surface area contributed by atoms with Gasteiger partial charge in [0.1, 0.15) is 0 Å². The average Bonchev–Trinajstić information content (AvgIpc) is 2.95. The number of nitrogens with one attached hydrogen (secondary N) is 2. The molecule has 194 valence electrons. The minimum atomic E-state index is -3.71. The van der Waals surface area contributed by atoms with Crippen LogP contribution in [-0.4, -0.2) is 45.4 Å². The molecular weight excluding hydrogens is 496 g/mol. The molecule has 0 aromatic heterocycles. The number of nitrogens with zero attached hydrogens (tertiary/aromatic N) is 2. The zero-order valence-electron chi connectivity index (χ0n) is 21.0. The van der Waals surface area contributed by atoms with Crippen LogP contribution in [0.5, 0.6) is 0 Å². The van der Waals surface area contributed by atoms with E-state index in [1.165, 1.54) is 17.8 Å². The van der Waals surface area contributed by atoms with E-state index in [1.54, 1.807) is 36.4 Å². The molecule has 5 rings (SSSR count). The van der Waals surface area contributed by atoms with Crippen molar-refractivity contribution in [1.29, 1.82) is 0 Å². The van der Waals surface area contributed by atoms with E-state index in [4.69, 9.17) is 0 Å². The lowest BCUT2D eigenvalue weighted by atomic mass is 10.1.